The number of furan rings is 1. The zero-order valence-corrected chi connectivity index (χ0v) is 7.62. The summed E-state index contributed by atoms with van der Waals surface area (Å²) in [5.74, 6) is 5.33. The van der Waals surface area contributed by atoms with Crippen LogP contribution < -0.4 is 11.3 Å². The van der Waals surface area contributed by atoms with Crippen LogP contribution in [0.3, 0.4) is 0 Å². The van der Waals surface area contributed by atoms with Gasteiger partial charge in [-0.05, 0) is 17.3 Å². The highest BCUT2D eigenvalue weighted by Crippen LogP contribution is 2.12. The van der Waals surface area contributed by atoms with Crippen molar-refractivity contribution in [3.63, 3.8) is 0 Å². The number of tetrazole rings is 1. The first-order valence-corrected chi connectivity index (χ1v) is 4.10. The Balaban J connectivity index is 2.14. The molecule has 0 spiro atoms. The maximum absolute atomic E-state index is 10.9. The van der Waals surface area contributed by atoms with Gasteiger partial charge in [-0.2, -0.15) is 4.80 Å². The molecular formula is C7H8N6O2. The predicted octanol–water partition coefficient (Wildman–Crippen LogP) is -1.08. The van der Waals surface area contributed by atoms with Gasteiger partial charge in [0.25, 0.3) is 5.91 Å². The Kier molecular flexibility index (Phi) is 2.42. The standard InChI is InChI=1S/C7H8N6O2/c8-9-6(14)4-13-11-7(10-12-13)5-2-1-3-15-5/h1-3H,4,8H2,(H,9,14). The third kappa shape index (κ3) is 1.99. The Hall–Kier alpha value is -2.22. The lowest BCUT2D eigenvalue weighted by Crippen LogP contribution is -2.33. The second kappa shape index (κ2) is 3.88. The van der Waals surface area contributed by atoms with Crippen molar-refractivity contribution in [3.8, 4) is 11.6 Å². The molecule has 3 N–H and O–H groups in total. The van der Waals surface area contributed by atoms with Crippen molar-refractivity contribution in [1.82, 2.24) is 25.6 Å². The zero-order chi connectivity index (χ0) is 10.7. The minimum absolute atomic E-state index is 0.0792. The maximum atomic E-state index is 10.9. The quantitative estimate of drug-likeness (QED) is 0.377. The van der Waals surface area contributed by atoms with E-state index in [1.54, 1.807) is 12.1 Å². The second-order valence-corrected chi connectivity index (χ2v) is 2.69. The molecule has 0 fully saturated rings. The van der Waals surface area contributed by atoms with Gasteiger partial charge in [0.05, 0.1) is 6.26 Å². The summed E-state index contributed by atoms with van der Waals surface area (Å²) in [6.07, 6.45) is 1.50. The fourth-order valence-electron chi connectivity index (χ4n) is 0.989. The molecule has 78 valence electrons. The Morgan fingerprint density at radius 1 is 1.67 bits per heavy atom. The molecule has 0 unspecified atom stereocenters. The van der Waals surface area contributed by atoms with Crippen molar-refractivity contribution in [2.24, 2.45) is 5.84 Å². The molecule has 15 heavy (non-hydrogen) atoms. The molecule has 0 atom stereocenters. The van der Waals surface area contributed by atoms with Gasteiger partial charge in [0.15, 0.2) is 5.76 Å². The van der Waals surface area contributed by atoms with Crippen LogP contribution in [0.15, 0.2) is 22.8 Å². The van der Waals surface area contributed by atoms with E-state index in [2.05, 4.69) is 15.4 Å². The Bertz CT molecular complexity index is 448. The lowest BCUT2D eigenvalue weighted by atomic mass is 10.4. The Morgan fingerprint density at radius 2 is 2.53 bits per heavy atom. The third-order valence-electron chi connectivity index (χ3n) is 1.64. The fourth-order valence-corrected chi connectivity index (χ4v) is 0.989. The number of carbonyl (C=O) groups is 1. The van der Waals surface area contributed by atoms with Gasteiger partial charge in [-0.1, -0.05) is 0 Å². The van der Waals surface area contributed by atoms with Crippen LogP contribution in [0.5, 0.6) is 0 Å². The average Bonchev–Trinajstić information content (AvgIpc) is 2.85. The molecule has 0 aliphatic heterocycles. The Morgan fingerprint density at radius 3 is 3.20 bits per heavy atom. The summed E-state index contributed by atoms with van der Waals surface area (Å²) < 4.78 is 5.06. The van der Waals surface area contributed by atoms with Crippen LogP contribution in [-0.2, 0) is 11.3 Å². The van der Waals surface area contributed by atoms with Crippen molar-refractivity contribution in [2.45, 2.75) is 6.54 Å². The summed E-state index contributed by atoms with van der Waals surface area (Å²) in [4.78, 5) is 12.0. The minimum Gasteiger partial charge on any atom is -0.461 e. The highest BCUT2D eigenvalue weighted by Gasteiger charge is 2.09. The molecule has 2 rings (SSSR count). The summed E-state index contributed by atoms with van der Waals surface area (Å²) in [5.41, 5.74) is 1.97. The second-order valence-electron chi connectivity index (χ2n) is 2.69. The van der Waals surface area contributed by atoms with Crippen molar-refractivity contribution in [1.29, 1.82) is 0 Å². The highest BCUT2D eigenvalue weighted by molar-refractivity contribution is 5.74. The summed E-state index contributed by atoms with van der Waals surface area (Å²) >= 11 is 0. The summed E-state index contributed by atoms with van der Waals surface area (Å²) in [5, 5.41) is 11.3. The molecule has 0 saturated carbocycles. The predicted molar refractivity (Wildman–Crippen MR) is 47.8 cm³/mol. The van der Waals surface area contributed by atoms with Crippen molar-refractivity contribution < 1.29 is 9.21 Å². The molecule has 0 saturated heterocycles. The number of carbonyl (C=O) groups excluding carboxylic acids is 1. The number of hydrogen-bond donors (Lipinski definition) is 2. The molecule has 0 aromatic carbocycles. The number of hydrogen-bond acceptors (Lipinski definition) is 6. The largest absolute Gasteiger partial charge is 0.461 e. The number of nitrogens with one attached hydrogen (secondary N) is 1. The van der Waals surface area contributed by atoms with E-state index >= 15 is 0 Å². The van der Waals surface area contributed by atoms with Gasteiger partial charge in [-0.3, -0.25) is 10.2 Å². The number of amides is 1. The first-order valence-electron chi connectivity index (χ1n) is 4.10. The van der Waals surface area contributed by atoms with Crippen LogP contribution in [-0.4, -0.2) is 26.1 Å². The topological polar surface area (TPSA) is 112 Å². The highest BCUT2D eigenvalue weighted by atomic mass is 16.3. The molecule has 0 radical (unpaired) electrons. The number of aromatic nitrogens is 4. The minimum atomic E-state index is -0.404. The van der Waals surface area contributed by atoms with Gasteiger partial charge < -0.3 is 4.42 Å². The van der Waals surface area contributed by atoms with Crippen LogP contribution in [0.25, 0.3) is 11.6 Å². The van der Waals surface area contributed by atoms with Crippen LogP contribution in [0.2, 0.25) is 0 Å². The summed E-state index contributed by atoms with van der Waals surface area (Å²) in [6.45, 7) is -0.0792. The molecule has 8 heteroatoms. The van der Waals surface area contributed by atoms with E-state index < -0.39 is 5.91 Å². The average molecular weight is 208 g/mol. The van der Waals surface area contributed by atoms with Crippen molar-refractivity contribution >= 4 is 5.91 Å². The van der Waals surface area contributed by atoms with E-state index in [4.69, 9.17) is 10.3 Å². The number of hydrazine groups is 1. The van der Waals surface area contributed by atoms with E-state index in [1.807, 2.05) is 5.43 Å². The molecule has 0 bridgehead atoms. The maximum Gasteiger partial charge on any atom is 0.257 e. The normalized spacial score (nSPS) is 10.2. The van der Waals surface area contributed by atoms with Gasteiger partial charge in [0.1, 0.15) is 6.54 Å². The van der Waals surface area contributed by atoms with E-state index in [9.17, 15) is 4.79 Å². The number of rotatable bonds is 3. The molecule has 8 nitrogen and oxygen atoms in total. The van der Waals surface area contributed by atoms with Crippen LogP contribution in [0.4, 0.5) is 0 Å². The van der Waals surface area contributed by atoms with Gasteiger partial charge >= 0.3 is 0 Å². The van der Waals surface area contributed by atoms with Gasteiger partial charge in [-0.15, -0.1) is 10.2 Å². The van der Waals surface area contributed by atoms with Crippen molar-refractivity contribution in [2.75, 3.05) is 0 Å². The first-order chi connectivity index (χ1) is 7.29. The SMILES string of the molecule is NNC(=O)Cn1nnc(-c2ccco2)n1. The lowest BCUT2D eigenvalue weighted by molar-refractivity contribution is -0.122. The van der Waals surface area contributed by atoms with E-state index in [0.29, 0.717) is 11.6 Å². The molecule has 2 aromatic rings. The zero-order valence-electron chi connectivity index (χ0n) is 7.62. The smallest absolute Gasteiger partial charge is 0.257 e. The summed E-state index contributed by atoms with van der Waals surface area (Å²) in [7, 11) is 0. The fraction of sp³-hybridized carbons (Fsp3) is 0.143. The molecule has 2 heterocycles. The molecule has 0 aliphatic rings. The van der Waals surface area contributed by atoms with Crippen LogP contribution in [0, 0.1) is 0 Å². The molecule has 0 aliphatic carbocycles. The van der Waals surface area contributed by atoms with E-state index in [0.717, 1.165) is 4.80 Å². The monoisotopic (exact) mass is 208 g/mol. The van der Waals surface area contributed by atoms with Crippen molar-refractivity contribution in [3.05, 3.63) is 18.4 Å². The first kappa shape index (κ1) is 9.34. The molecule has 1 amide bonds. The van der Waals surface area contributed by atoms with E-state index in [-0.39, 0.29) is 6.54 Å². The number of nitrogens with two attached hydrogens (primary N) is 1. The molecule has 2 aromatic heterocycles. The van der Waals surface area contributed by atoms with Gasteiger partial charge in [0.2, 0.25) is 5.82 Å². The van der Waals surface area contributed by atoms with Crippen LogP contribution in [0.1, 0.15) is 0 Å². The molecular weight excluding hydrogens is 200 g/mol. The van der Waals surface area contributed by atoms with E-state index in [1.165, 1.54) is 6.26 Å². The summed E-state index contributed by atoms with van der Waals surface area (Å²) in [6, 6.07) is 3.41. The van der Waals surface area contributed by atoms with Crippen LogP contribution >= 0.6 is 0 Å². The van der Waals surface area contributed by atoms with Gasteiger partial charge in [-0.25, -0.2) is 5.84 Å². The number of nitrogens with zero attached hydrogens (tertiary/aromatic N) is 4. The Labute approximate surface area is 84.0 Å². The lowest BCUT2D eigenvalue weighted by Gasteiger charge is -1.95. The van der Waals surface area contributed by atoms with Gasteiger partial charge in [0, 0.05) is 0 Å². The third-order valence-corrected chi connectivity index (χ3v) is 1.64.